The molecule has 1 atom stereocenters. The van der Waals surface area contributed by atoms with Crippen molar-refractivity contribution in [1.82, 2.24) is 0 Å². The number of rotatable bonds is 6. The van der Waals surface area contributed by atoms with Crippen LogP contribution in [0.2, 0.25) is 0 Å². The Morgan fingerprint density at radius 2 is 2.05 bits per heavy atom. The molecule has 0 saturated carbocycles. The van der Waals surface area contributed by atoms with Gasteiger partial charge in [0.05, 0.1) is 6.42 Å². The van der Waals surface area contributed by atoms with E-state index in [4.69, 9.17) is 16.7 Å². The molecule has 1 aromatic rings. The Balaban J connectivity index is 3.15. The molecular weight excluding hydrogens is 282 g/mol. The Bertz CT molecular complexity index is 491. The Kier molecular flexibility index (Phi) is 5.23. The van der Waals surface area contributed by atoms with Crippen LogP contribution < -0.4 is 4.74 Å². The summed E-state index contributed by atoms with van der Waals surface area (Å²) in [4.78, 5) is 21.9. The molecule has 19 heavy (non-hydrogen) atoms. The molecule has 0 aromatic heterocycles. The normalized spacial score (nSPS) is 12.3. The molecule has 0 spiro atoms. The summed E-state index contributed by atoms with van der Waals surface area (Å²) in [6.07, 6.45) is -0.438. The number of aliphatic carboxylic acids is 1. The first-order valence-corrected chi connectivity index (χ1v) is 5.69. The fourth-order valence-corrected chi connectivity index (χ4v) is 1.75. The summed E-state index contributed by atoms with van der Waals surface area (Å²) in [6, 6.07) is 3.67. The zero-order valence-electron chi connectivity index (χ0n) is 9.90. The topological polar surface area (TPSA) is 63.6 Å². The largest absolute Gasteiger partial charge is 0.481 e. The number of alkyl halides is 3. The van der Waals surface area contributed by atoms with Crippen molar-refractivity contribution in [3.63, 3.8) is 0 Å². The first kappa shape index (κ1) is 15.4. The van der Waals surface area contributed by atoms with E-state index in [1.165, 1.54) is 19.1 Å². The Morgan fingerprint density at radius 3 is 2.53 bits per heavy atom. The van der Waals surface area contributed by atoms with Gasteiger partial charge in [-0.05, 0) is 30.2 Å². The van der Waals surface area contributed by atoms with E-state index >= 15 is 0 Å². The Hall–Kier alpha value is -1.69. The Morgan fingerprint density at radius 1 is 1.42 bits per heavy atom. The minimum absolute atomic E-state index is 0.167. The number of carboxylic acids is 1. The molecule has 0 aliphatic carbocycles. The zero-order valence-corrected chi connectivity index (χ0v) is 10.7. The van der Waals surface area contributed by atoms with Gasteiger partial charge >= 0.3 is 12.6 Å². The van der Waals surface area contributed by atoms with Gasteiger partial charge in [0.1, 0.15) is 11.1 Å². The summed E-state index contributed by atoms with van der Waals surface area (Å²) in [5.74, 6) is -1.71. The molecular formula is C12H11ClF2O4. The average molecular weight is 293 g/mol. The average Bonchev–Trinajstić information content (AvgIpc) is 2.26. The van der Waals surface area contributed by atoms with Gasteiger partial charge in [-0.25, -0.2) is 0 Å². The van der Waals surface area contributed by atoms with Crippen LogP contribution in [0.5, 0.6) is 5.75 Å². The zero-order chi connectivity index (χ0) is 14.6. The maximum atomic E-state index is 12.1. The second kappa shape index (κ2) is 6.47. The first-order chi connectivity index (χ1) is 8.81. The van der Waals surface area contributed by atoms with Gasteiger partial charge in [0, 0.05) is 0 Å². The molecule has 0 radical (unpaired) electrons. The van der Waals surface area contributed by atoms with Crippen LogP contribution in [0.4, 0.5) is 8.78 Å². The molecule has 0 aliphatic heterocycles. The van der Waals surface area contributed by atoms with Crippen LogP contribution in [0.15, 0.2) is 18.2 Å². The van der Waals surface area contributed by atoms with Crippen molar-refractivity contribution in [2.24, 2.45) is 0 Å². The number of ketones is 1. The van der Waals surface area contributed by atoms with E-state index < -0.39 is 24.4 Å². The fourth-order valence-electron chi connectivity index (χ4n) is 1.54. The summed E-state index contributed by atoms with van der Waals surface area (Å²) in [7, 11) is 0. The van der Waals surface area contributed by atoms with Crippen molar-refractivity contribution < 1.29 is 28.2 Å². The summed E-state index contributed by atoms with van der Waals surface area (Å²) >= 11 is 5.86. The molecule has 104 valence electrons. The van der Waals surface area contributed by atoms with Crippen LogP contribution in [0.25, 0.3) is 0 Å². The third kappa shape index (κ3) is 4.48. The molecule has 1 aromatic carbocycles. The second-order valence-electron chi connectivity index (χ2n) is 3.78. The number of benzene rings is 1. The monoisotopic (exact) mass is 292 g/mol. The maximum absolute atomic E-state index is 12.1. The number of hydrogen-bond donors (Lipinski definition) is 1. The van der Waals surface area contributed by atoms with Crippen LogP contribution in [0.1, 0.15) is 23.4 Å². The highest BCUT2D eigenvalue weighted by Gasteiger charge is 2.19. The lowest BCUT2D eigenvalue weighted by molar-refractivity contribution is -0.136. The van der Waals surface area contributed by atoms with E-state index in [9.17, 15) is 18.4 Å². The van der Waals surface area contributed by atoms with E-state index in [2.05, 4.69) is 4.74 Å². The number of halogens is 3. The van der Waals surface area contributed by atoms with Crippen molar-refractivity contribution in [3.05, 3.63) is 29.3 Å². The van der Waals surface area contributed by atoms with E-state index in [1.54, 1.807) is 0 Å². The standard InChI is InChI=1S/C12H11ClF2O4/c1-6(16)11(13)9-3-2-8(19-12(14)15)4-7(9)5-10(17)18/h2-4,11-12H,5H2,1H3,(H,17,18). The van der Waals surface area contributed by atoms with Crippen LogP contribution in [0, 0.1) is 0 Å². The van der Waals surface area contributed by atoms with Crippen molar-refractivity contribution >= 4 is 23.4 Å². The molecule has 0 heterocycles. The van der Waals surface area contributed by atoms with E-state index in [-0.39, 0.29) is 22.7 Å². The molecule has 1 N–H and O–H groups in total. The van der Waals surface area contributed by atoms with Gasteiger partial charge in [0.15, 0.2) is 5.78 Å². The first-order valence-electron chi connectivity index (χ1n) is 5.25. The van der Waals surface area contributed by atoms with Crippen molar-refractivity contribution in [2.75, 3.05) is 0 Å². The van der Waals surface area contributed by atoms with Gasteiger partial charge in [-0.2, -0.15) is 8.78 Å². The third-order valence-electron chi connectivity index (χ3n) is 2.31. The number of carboxylic acid groups (broad SMARTS) is 1. The highest BCUT2D eigenvalue weighted by molar-refractivity contribution is 6.30. The van der Waals surface area contributed by atoms with E-state index in [0.717, 1.165) is 6.07 Å². The maximum Gasteiger partial charge on any atom is 0.387 e. The van der Waals surface area contributed by atoms with Crippen molar-refractivity contribution in [1.29, 1.82) is 0 Å². The minimum Gasteiger partial charge on any atom is -0.481 e. The molecule has 1 unspecified atom stereocenters. The van der Waals surface area contributed by atoms with Crippen LogP contribution in [0.3, 0.4) is 0 Å². The number of carbonyl (C=O) groups excluding carboxylic acids is 1. The molecule has 1 rings (SSSR count). The van der Waals surface area contributed by atoms with Gasteiger partial charge in [0.25, 0.3) is 0 Å². The van der Waals surface area contributed by atoms with Gasteiger partial charge in [-0.3, -0.25) is 9.59 Å². The predicted molar refractivity (Wildman–Crippen MR) is 63.7 cm³/mol. The van der Waals surface area contributed by atoms with Gasteiger partial charge in [-0.1, -0.05) is 6.07 Å². The molecule has 0 aliphatic rings. The lowest BCUT2D eigenvalue weighted by Gasteiger charge is -2.13. The summed E-state index contributed by atoms with van der Waals surface area (Å²) in [5.41, 5.74) is 0.444. The Labute approximate surface area is 112 Å². The summed E-state index contributed by atoms with van der Waals surface area (Å²) in [5, 5.41) is 7.75. The number of carbonyl (C=O) groups is 2. The van der Waals surface area contributed by atoms with Crippen LogP contribution in [-0.2, 0) is 16.0 Å². The third-order valence-corrected chi connectivity index (χ3v) is 2.85. The summed E-state index contributed by atoms with van der Waals surface area (Å²) in [6.45, 7) is -1.76. The number of hydrogen-bond acceptors (Lipinski definition) is 3. The number of Topliss-reactive ketones (excluding diaryl/α,β-unsaturated/α-hetero) is 1. The molecule has 4 nitrogen and oxygen atoms in total. The van der Waals surface area contributed by atoms with Gasteiger partial charge in [0.2, 0.25) is 0 Å². The van der Waals surface area contributed by atoms with Gasteiger partial charge in [-0.15, -0.1) is 11.6 Å². The van der Waals surface area contributed by atoms with Crippen molar-refractivity contribution in [3.8, 4) is 5.75 Å². The SMILES string of the molecule is CC(=O)C(Cl)c1ccc(OC(F)F)cc1CC(=O)O. The second-order valence-corrected chi connectivity index (χ2v) is 4.22. The van der Waals surface area contributed by atoms with Crippen molar-refractivity contribution in [2.45, 2.75) is 25.3 Å². The summed E-state index contributed by atoms with van der Waals surface area (Å²) < 4.78 is 28.3. The van der Waals surface area contributed by atoms with E-state index in [1.807, 2.05) is 0 Å². The van der Waals surface area contributed by atoms with Crippen LogP contribution in [-0.4, -0.2) is 23.5 Å². The number of ether oxygens (including phenoxy) is 1. The molecule has 0 saturated heterocycles. The van der Waals surface area contributed by atoms with E-state index in [0.29, 0.717) is 0 Å². The molecule has 0 fully saturated rings. The lowest BCUT2D eigenvalue weighted by Crippen LogP contribution is -2.10. The lowest BCUT2D eigenvalue weighted by atomic mass is 9.99. The smallest absolute Gasteiger partial charge is 0.387 e. The molecule has 0 bridgehead atoms. The van der Waals surface area contributed by atoms with Gasteiger partial charge < -0.3 is 9.84 Å². The highest BCUT2D eigenvalue weighted by Crippen LogP contribution is 2.29. The highest BCUT2D eigenvalue weighted by atomic mass is 35.5. The molecule has 7 heteroatoms. The fraction of sp³-hybridized carbons (Fsp3) is 0.333. The predicted octanol–water partition coefficient (Wildman–Crippen LogP) is 2.78. The minimum atomic E-state index is -3.01. The molecule has 0 amide bonds. The quantitative estimate of drug-likeness (QED) is 0.819. The van der Waals surface area contributed by atoms with Crippen LogP contribution >= 0.6 is 11.6 Å².